The summed E-state index contributed by atoms with van der Waals surface area (Å²) in [5, 5.41) is 0.508. The highest BCUT2D eigenvalue weighted by Gasteiger charge is 2.29. The van der Waals surface area contributed by atoms with Crippen molar-refractivity contribution in [2.24, 2.45) is 0 Å². The number of hydrogen-bond acceptors (Lipinski definition) is 5. The molecule has 2 aromatic carbocycles. The fourth-order valence-corrected chi connectivity index (χ4v) is 5.19. The van der Waals surface area contributed by atoms with E-state index in [0.717, 1.165) is 11.3 Å². The lowest BCUT2D eigenvalue weighted by Crippen LogP contribution is -2.16. The first kappa shape index (κ1) is 16.5. The van der Waals surface area contributed by atoms with Crippen molar-refractivity contribution in [2.75, 3.05) is 11.3 Å². The van der Waals surface area contributed by atoms with Crippen LogP contribution in [-0.2, 0) is 14.8 Å². The van der Waals surface area contributed by atoms with E-state index in [9.17, 15) is 13.2 Å². The molecule has 1 N–H and O–H groups in total. The Morgan fingerprint density at radius 1 is 1.08 bits per heavy atom. The van der Waals surface area contributed by atoms with E-state index < -0.39 is 16.0 Å². The molecule has 0 aliphatic heterocycles. The third-order valence-electron chi connectivity index (χ3n) is 3.31. The molecule has 0 unspecified atom stereocenters. The number of nitrogens with one attached hydrogen (secondary N) is 1. The highest BCUT2D eigenvalue weighted by Crippen LogP contribution is 2.36. The summed E-state index contributed by atoms with van der Waals surface area (Å²) in [5.41, 5.74) is 0.433. The van der Waals surface area contributed by atoms with E-state index in [1.165, 1.54) is 0 Å². The standard InChI is InChI=1S/C17H15NO4S2/c1-2-22-17(19)15-16(13-10-6-7-11-14(13)23-15)24(20,21)18-12-8-4-3-5-9-12/h3-11,18H,2H2,1H3. The Bertz CT molecular complexity index is 978. The summed E-state index contributed by atoms with van der Waals surface area (Å²) in [6.45, 7) is 1.86. The number of thiophene rings is 1. The lowest BCUT2D eigenvalue weighted by Gasteiger charge is -2.09. The van der Waals surface area contributed by atoms with Crippen LogP contribution >= 0.6 is 11.3 Å². The van der Waals surface area contributed by atoms with Crippen LogP contribution in [0, 0.1) is 0 Å². The van der Waals surface area contributed by atoms with Gasteiger partial charge in [0.05, 0.1) is 6.61 Å². The molecular formula is C17H15NO4S2. The molecule has 7 heteroatoms. The molecular weight excluding hydrogens is 346 g/mol. The molecule has 0 saturated carbocycles. The fourth-order valence-electron chi connectivity index (χ4n) is 2.33. The molecule has 0 bridgehead atoms. The van der Waals surface area contributed by atoms with Gasteiger partial charge in [0, 0.05) is 15.8 Å². The molecule has 124 valence electrons. The number of sulfonamides is 1. The molecule has 0 radical (unpaired) electrons. The normalized spacial score (nSPS) is 11.4. The summed E-state index contributed by atoms with van der Waals surface area (Å²) in [4.78, 5) is 12.3. The Kier molecular flexibility index (Phi) is 4.55. The number of fused-ring (bicyclic) bond motifs is 1. The van der Waals surface area contributed by atoms with Crippen LogP contribution < -0.4 is 4.72 Å². The third kappa shape index (κ3) is 3.13. The van der Waals surface area contributed by atoms with Gasteiger partial charge in [-0.15, -0.1) is 11.3 Å². The van der Waals surface area contributed by atoms with Gasteiger partial charge in [0.1, 0.15) is 9.77 Å². The van der Waals surface area contributed by atoms with Gasteiger partial charge < -0.3 is 4.74 Å². The lowest BCUT2D eigenvalue weighted by atomic mass is 10.2. The van der Waals surface area contributed by atoms with E-state index in [-0.39, 0.29) is 16.4 Å². The number of rotatable bonds is 5. The quantitative estimate of drug-likeness (QED) is 0.700. The fraction of sp³-hybridized carbons (Fsp3) is 0.118. The van der Waals surface area contributed by atoms with E-state index in [1.807, 2.05) is 0 Å². The van der Waals surface area contributed by atoms with Gasteiger partial charge in [0.15, 0.2) is 0 Å². The zero-order chi connectivity index (χ0) is 17.2. The molecule has 0 fully saturated rings. The predicted molar refractivity (Wildman–Crippen MR) is 95.0 cm³/mol. The Labute approximate surface area is 143 Å². The van der Waals surface area contributed by atoms with Gasteiger partial charge in [-0.05, 0) is 25.1 Å². The molecule has 5 nitrogen and oxygen atoms in total. The maximum absolute atomic E-state index is 12.9. The third-order valence-corrected chi connectivity index (χ3v) is 6.05. The average molecular weight is 361 g/mol. The summed E-state index contributed by atoms with van der Waals surface area (Å²) < 4.78 is 34.0. The summed E-state index contributed by atoms with van der Waals surface area (Å²) >= 11 is 1.12. The van der Waals surface area contributed by atoms with E-state index in [1.54, 1.807) is 61.5 Å². The van der Waals surface area contributed by atoms with Crippen LogP contribution in [-0.4, -0.2) is 21.0 Å². The van der Waals surface area contributed by atoms with E-state index in [2.05, 4.69) is 4.72 Å². The van der Waals surface area contributed by atoms with Crippen LogP contribution in [0.3, 0.4) is 0 Å². The van der Waals surface area contributed by atoms with Crippen molar-refractivity contribution < 1.29 is 17.9 Å². The molecule has 3 aromatic rings. The van der Waals surface area contributed by atoms with Crippen molar-refractivity contribution in [1.82, 2.24) is 0 Å². The number of esters is 1. The highest BCUT2D eigenvalue weighted by molar-refractivity contribution is 7.93. The average Bonchev–Trinajstić information content (AvgIpc) is 2.96. The largest absolute Gasteiger partial charge is 0.462 e. The van der Waals surface area contributed by atoms with Gasteiger partial charge in [-0.25, -0.2) is 13.2 Å². The molecule has 1 aromatic heterocycles. The van der Waals surface area contributed by atoms with Gasteiger partial charge in [-0.2, -0.15) is 0 Å². The van der Waals surface area contributed by atoms with Gasteiger partial charge in [-0.1, -0.05) is 36.4 Å². The van der Waals surface area contributed by atoms with Crippen LogP contribution in [0.5, 0.6) is 0 Å². The number of benzene rings is 2. The second kappa shape index (κ2) is 6.62. The minimum atomic E-state index is -3.93. The van der Waals surface area contributed by atoms with Gasteiger partial charge >= 0.3 is 5.97 Å². The molecule has 0 amide bonds. The van der Waals surface area contributed by atoms with Gasteiger partial charge in [0.25, 0.3) is 10.0 Å². The molecule has 3 rings (SSSR count). The van der Waals surface area contributed by atoms with Crippen LogP contribution in [0.1, 0.15) is 16.6 Å². The smallest absolute Gasteiger partial charge is 0.349 e. The van der Waals surface area contributed by atoms with Crippen LogP contribution in [0.4, 0.5) is 5.69 Å². The number of hydrogen-bond donors (Lipinski definition) is 1. The number of ether oxygens (including phenoxy) is 1. The molecule has 0 saturated heterocycles. The van der Waals surface area contributed by atoms with Crippen molar-refractivity contribution in [1.29, 1.82) is 0 Å². The van der Waals surface area contributed by atoms with Crippen molar-refractivity contribution >= 4 is 43.1 Å². The Morgan fingerprint density at radius 2 is 1.75 bits per heavy atom. The second-order valence-corrected chi connectivity index (χ2v) is 7.62. The summed E-state index contributed by atoms with van der Waals surface area (Å²) in [5.74, 6) is -0.632. The monoisotopic (exact) mass is 361 g/mol. The zero-order valence-electron chi connectivity index (χ0n) is 12.9. The number of anilines is 1. The topological polar surface area (TPSA) is 72.5 Å². The van der Waals surface area contributed by atoms with E-state index >= 15 is 0 Å². The molecule has 24 heavy (non-hydrogen) atoms. The van der Waals surface area contributed by atoms with Gasteiger partial charge in [0.2, 0.25) is 0 Å². The Balaban J connectivity index is 2.16. The first-order valence-electron chi connectivity index (χ1n) is 7.29. The Morgan fingerprint density at radius 3 is 2.46 bits per heavy atom. The summed E-state index contributed by atoms with van der Waals surface area (Å²) in [6, 6.07) is 15.6. The molecule has 0 aliphatic rings. The number of carbonyl (C=O) groups is 1. The van der Waals surface area contributed by atoms with Crippen molar-refractivity contribution in [3.8, 4) is 0 Å². The number of carbonyl (C=O) groups excluding carboxylic acids is 1. The summed E-state index contributed by atoms with van der Waals surface area (Å²) in [7, 11) is -3.93. The predicted octanol–water partition coefficient (Wildman–Crippen LogP) is 3.88. The van der Waals surface area contributed by atoms with Crippen LogP contribution in [0.15, 0.2) is 59.5 Å². The van der Waals surface area contributed by atoms with Crippen molar-refractivity contribution in [3.05, 3.63) is 59.5 Å². The van der Waals surface area contributed by atoms with Crippen LogP contribution in [0.2, 0.25) is 0 Å². The van der Waals surface area contributed by atoms with Crippen molar-refractivity contribution in [2.45, 2.75) is 11.8 Å². The molecule has 0 atom stereocenters. The minimum absolute atomic E-state index is 0.0367. The maximum Gasteiger partial charge on any atom is 0.349 e. The zero-order valence-corrected chi connectivity index (χ0v) is 14.5. The molecule has 1 heterocycles. The first-order chi connectivity index (χ1) is 11.5. The highest BCUT2D eigenvalue weighted by atomic mass is 32.2. The SMILES string of the molecule is CCOC(=O)c1sc2ccccc2c1S(=O)(=O)Nc1ccccc1. The van der Waals surface area contributed by atoms with E-state index in [0.29, 0.717) is 15.8 Å². The lowest BCUT2D eigenvalue weighted by molar-refractivity contribution is 0.0528. The van der Waals surface area contributed by atoms with E-state index in [4.69, 9.17) is 4.74 Å². The first-order valence-corrected chi connectivity index (χ1v) is 9.59. The minimum Gasteiger partial charge on any atom is -0.462 e. The van der Waals surface area contributed by atoms with Crippen LogP contribution in [0.25, 0.3) is 10.1 Å². The summed E-state index contributed by atoms with van der Waals surface area (Å²) in [6.07, 6.45) is 0. The second-order valence-electron chi connectivity index (χ2n) is 4.95. The maximum atomic E-state index is 12.9. The number of para-hydroxylation sites is 1. The van der Waals surface area contributed by atoms with Crippen molar-refractivity contribution in [3.63, 3.8) is 0 Å². The molecule has 0 aliphatic carbocycles. The van der Waals surface area contributed by atoms with Gasteiger partial charge in [-0.3, -0.25) is 4.72 Å². The molecule has 0 spiro atoms. The Hall–Kier alpha value is -2.38.